The zero-order valence-electron chi connectivity index (χ0n) is 15.5. The molecule has 0 aliphatic carbocycles. The summed E-state index contributed by atoms with van der Waals surface area (Å²) < 4.78 is 0. The van der Waals surface area contributed by atoms with Crippen molar-refractivity contribution in [2.75, 3.05) is 5.75 Å². The van der Waals surface area contributed by atoms with Crippen molar-refractivity contribution in [2.45, 2.75) is 24.7 Å². The summed E-state index contributed by atoms with van der Waals surface area (Å²) in [6.07, 6.45) is 4.00. The number of carbonyl (C=O) groups is 1. The molecule has 0 aliphatic heterocycles. The van der Waals surface area contributed by atoms with Gasteiger partial charge in [-0.15, -0.1) is 0 Å². The highest BCUT2D eigenvalue weighted by atomic mass is 32.1. The van der Waals surface area contributed by atoms with Gasteiger partial charge in [0, 0.05) is 5.92 Å². The molecular weight excluding hydrogens is 348 g/mol. The van der Waals surface area contributed by atoms with Crippen LogP contribution in [0.15, 0.2) is 91.0 Å². The van der Waals surface area contributed by atoms with E-state index in [1.807, 2.05) is 18.2 Å². The van der Waals surface area contributed by atoms with Crippen LogP contribution in [-0.4, -0.2) is 12.0 Å². The first kappa shape index (κ1) is 19.4. The van der Waals surface area contributed by atoms with Crippen LogP contribution < -0.4 is 0 Å². The lowest BCUT2D eigenvalue weighted by Crippen LogP contribution is -2.39. The molecular formula is C25H26OS. The van der Waals surface area contributed by atoms with E-state index in [-0.39, 0.29) is 5.92 Å². The van der Waals surface area contributed by atoms with E-state index in [2.05, 4.69) is 85.4 Å². The smallest absolute Gasteiger partial charge is 0.124 e. The minimum absolute atomic E-state index is 0.149. The van der Waals surface area contributed by atoms with Crippen molar-refractivity contribution in [1.29, 1.82) is 0 Å². The molecule has 0 radical (unpaired) electrons. The third-order valence-corrected chi connectivity index (χ3v) is 5.65. The largest absolute Gasteiger partial charge is 0.303 e. The number of hydrogen-bond acceptors (Lipinski definition) is 2. The fraction of sp³-hybridized carbons (Fsp3) is 0.240. The molecule has 0 saturated heterocycles. The molecule has 3 aromatic rings. The molecule has 0 fully saturated rings. The van der Waals surface area contributed by atoms with E-state index in [9.17, 15) is 4.79 Å². The Morgan fingerprint density at radius 2 is 1.11 bits per heavy atom. The topological polar surface area (TPSA) is 17.1 Å². The molecule has 0 bridgehead atoms. The van der Waals surface area contributed by atoms with Crippen LogP contribution in [0.4, 0.5) is 0 Å². The molecule has 0 saturated carbocycles. The summed E-state index contributed by atoms with van der Waals surface area (Å²) in [5.74, 6) is 0.699. The first-order chi connectivity index (χ1) is 13.3. The zero-order valence-corrected chi connectivity index (χ0v) is 16.4. The lowest BCUT2D eigenvalue weighted by atomic mass is 9.61. The molecule has 138 valence electrons. The minimum Gasteiger partial charge on any atom is -0.303 e. The summed E-state index contributed by atoms with van der Waals surface area (Å²) in [5.41, 5.74) is 2.98. The number of thiol groups is 1. The van der Waals surface area contributed by atoms with Crippen LogP contribution in [0.3, 0.4) is 0 Å². The van der Waals surface area contributed by atoms with Gasteiger partial charge in [0.15, 0.2) is 0 Å². The second-order valence-corrected chi connectivity index (χ2v) is 7.32. The van der Waals surface area contributed by atoms with E-state index in [1.54, 1.807) is 0 Å². The summed E-state index contributed by atoms with van der Waals surface area (Å²) >= 11 is 4.35. The van der Waals surface area contributed by atoms with Crippen molar-refractivity contribution >= 4 is 18.9 Å². The van der Waals surface area contributed by atoms with Crippen LogP contribution in [0, 0.1) is 5.92 Å². The van der Waals surface area contributed by atoms with Gasteiger partial charge in [0.2, 0.25) is 0 Å². The first-order valence-corrected chi connectivity index (χ1v) is 10.2. The summed E-state index contributed by atoms with van der Waals surface area (Å²) in [6, 6.07) is 31.3. The summed E-state index contributed by atoms with van der Waals surface area (Å²) in [5, 5.41) is 0. The van der Waals surface area contributed by atoms with Crippen LogP contribution in [0.1, 0.15) is 36.0 Å². The Balaban J connectivity index is 2.27. The molecule has 0 heterocycles. The maximum atomic E-state index is 12.4. The predicted molar refractivity (Wildman–Crippen MR) is 116 cm³/mol. The van der Waals surface area contributed by atoms with Gasteiger partial charge >= 0.3 is 0 Å². The van der Waals surface area contributed by atoms with Gasteiger partial charge in [-0.2, -0.15) is 12.6 Å². The molecule has 3 aromatic carbocycles. The number of unbranched alkanes of at least 4 members (excludes halogenated alkanes) is 1. The van der Waals surface area contributed by atoms with Gasteiger partial charge in [-0.25, -0.2) is 0 Å². The van der Waals surface area contributed by atoms with Crippen LogP contribution in [0.2, 0.25) is 0 Å². The monoisotopic (exact) mass is 374 g/mol. The van der Waals surface area contributed by atoms with Crippen molar-refractivity contribution < 1.29 is 4.79 Å². The first-order valence-electron chi connectivity index (χ1n) is 9.56. The van der Waals surface area contributed by atoms with Gasteiger partial charge in [-0.05, 0) is 35.3 Å². The van der Waals surface area contributed by atoms with Crippen LogP contribution in [0.25, 0.3) is 0 Å². The Labute approximate surface area is 167 Å². The van der Waals surface area contributed by atoms with E-state index in [4.69, 9.17) is 0 Å². The van der Waals surface area contributed by atoms with Gasteiger partial charge in [-0.3, -0.25) is 0 Å². The van der Waals surface area contributed by atoms with Gasteiger partial charge in [0.05, 0.1) is 5.41 Å². The summed E-state index contributed by atoms with van der Waals surface area (Å²) in [4.78, 5) is 12.4. The Morgan fingerprint density at radius 3 is 1.44 bits per heavy atom. The third kappa shape index (κ3) is 4.01. The third-order valence-electron chi connectivity index (χ3n) is 5.33. The maximum absolute atomic E-state index is 12.4. The molecule has 0 spiro atoms. The lowest BCUT2D eigenvalue weighted by Gasteiger charge is -2.40. The van der Waals surface area contributed by atoms with Crippen molar-refractivity contribution in [1.82, 2.24) is 0 Å². The number of hydrogen-bond donors (Lipinski definition) is 1. The standard InChI is InChI=1S/C25H26OS/c26-20-24(18-10-11-19-27)25(21-12-4-1-5-13-21,22-14-6-2-7-15-22)23-16-8-3-9-17-23/h1-9,12-17,20,24,27H,10-11,18-19H2. The Morgan fingerprint density at radius 1 is 0.704 bits per heavy atom. The fourth-order valence-corrected chi connectivity index (χ4v) is 4.33. The van der Waals surface area contributed by atoms with Crippen LogP contribution >= 0.6 is 12.6 Å². The molecule has 0 aliphatic rings. The molecule has 27 heavy (non-hydrogen) atoms. The molecule has 1 unspecified atom stereocenters. The highest BCUT2D eigenvalue weighted by Gasteiger charge is 2.43. The minimum atomic E-state index is -0.498. The van der Waals surface area contributed by atoms with E-state index < -0.39 is 5.41 Å². The molecule has 3 rings (SSSR count). The number of carbonyl (C=O) groups excluding carboxylic acids is 1. The highest BCUT2D eigenvalue weighted by Crippen LogP contribution is 2.46. The van der Waals surface area contributed by atoms with Crippen molar-refractivity contribution in [3.05, 3.63) is 108 Å². The van der Waals surface area contributed by atoms with E-state index in [1.165, 1.54) is 0 Å². The molecule has 0 aromatic heterocycles. The molecule has 2 heteroatoms. The quantitative estimate of drug-likeness (QED) is 0.212. The van der Waals surface area contributed by atoms with Gasteiger partial charge in [0.1, 0.15) is 6.29 Å². The normalized spacial score (nSPS) is 12.5. The second kappa shape index (κ2) is 9.57. The zero-order chi connectivity index (χ0) is 19.0. The second-order valence-electron chi connectivity index (χ2n) is 6.87. The molecule has 1 atom stereocenters. The molecule has 1 nitrogen and oxygen atoms in total. The van der Waals surface area contributed by atoms with Crippen LogP contribution in [0.5, 0.6) is 0 Å². The van der Waals surface area contributed by atoms with Gasteiger partial charge < -0.3 is 4.79 Å². The number of benzene rings is 3. The summed E-state index contributed by atoms with van der Waals surface area (Å²) in [6.45, 7) is 0. The predicted octanol–water partition coefficient (Wildman–Crippen LogP) is 5.94. The Hall–Kier alpha value is -2.32. The van der Waals surface area contributed by atoms with E-state index >= 15 is 0 Å². The van der Waals surface area contributed by atoms with Crippen LogP contribution in [-0.2, 0) is 10.2 Å². The Kier molecular flexibility index (Phi) is 6.89. The van der Waals surface area contributed by atoms with Gasteiger partial charge in [0.25, 0.3) is 0 Å². The van der Waals surface area contributed by atoms with Crippen molar-refractivity contribution in [2.24, 2.45) is 5.92 Å². The Bertz CT molecular complexity index is 718. The van der Waals surface area contributed by atoms with Gasteiger partial charge in [-0.1, -0.05) is 97.4 Å². The maximum Gasteiger partial charge on any atom is 0.124 e. The number of rotatable bonds is 9. The average Bonchev–Trinajstić information content (AvgIpc) is 2.75. The lowest BCUT2D eigenvalue weighted by molar-refractivity contribution is -0.112. The van der Waals surface area contributed by atoms with E-state index in [0.717, 1.165) is 48.0 Å². The molecule has 0 amide bonds. The van der Waals surface area contributed by atoms with Crippen molar-refractivity contribution in [3.8, 4) is 0 Å². The summed E-state index contributed by atoms with van der Waals surface area (Å²) in [7, 11) is 0. The number of aldehydes is 1. The van der Waals surface area contributed by atoms with E-state index in [0.29, 0.717) is 0 Å². The van der Waals surface area contributed by atoms with Crippen molar-refractivity contribution in [3.63, 3.8) is 0 Å². The fourth-order valence-electron chi connectivity index (χ4n) is 4.11. The SMILES string of the molecule is O=CC(CCCCS)C(c1ccccc1)(c1ccccc1)c1ccccc1. The average molecular weight is 375 g/mol. The molecule has 0 N–H and O–H groups in total. The highest BCUT2D eigenvalue weighted by molar-refractivity contribution is 7.80.